The van der Waals surface area contributed by atoms with Crippen molar-refractivity contribution in [1.82, 2.24) is 9.97 Å². The zero-order chi connectivity index (χ0) is 39.0. The van der Waals surface area contributed by atoms with Crippen molar-refractivity contribution in [2.24, 2.45) is 11.8 Å². The van der Waals surface area contributed by atoms with E-state index in [9.17, 15) is 0 Å². The van der Waals surface area contributed by atoms with Gasteiger partial charge < -0.3 is 0 Å². The summed E-state index contributed by atoms with van der Waals surface area (Å²) in [5, 5.41) is 4.93. The van der Waals surface area contributed by atoms with Crippen LogP contribution in [0.3, 0.4) is 0 Å². The molecular weight excluding hydrogens is 701 g/mol. The second kappa shape index (κ2) is 15.2. The lowest BCUT2D eigenvalue weighted by atomic mass is 9.79. The van der Waals surface area contributed by atoms with Crippen LogP contribution in [-0.2, 0) is 0 Å². The van der Waals surface area contributed by atoms with Gasteiger partial charge in [0.1, 0.15) is 0 Å². The highest BCUT2D eigenvalue weighted by Gasteiger charge is 2.22. The summed E-state index contributed by atoms with van der Waals surface area (Å²) in [5.41, 5.74) is 16.7. The van der Waals surface area contributed by atoms with Crippen molar-refractivity contribution in [2.45, 2.75) is 26.7 Å². The normalized spacial score (nSPS) is 15.4. The summed E-state index contributed by atoms with van der Waals surface area (Å²) in [7, 11) is 0. The molecule has 2 nitrogen and oxygen atoms in total. The minimum absolute atomic E-state index is 0.654. The molecule has 2 unspecified atom stereocenters. The van der Waals surface area contributed by atoms with Crippen LogP contribution in [0, 0.1) is 11.8 Å². The summed E-state index contributed by atoms with van der Waals surface area (Å²) in [6.07, 6.45) is 8.43. The van der Waals surface area contributed by atoms with E-state index in [1.54, 1.807) is 0 Å². The van der Waals surface area contributed by atoms with Gasteiger partial charge in [0.05, 0.1) is 11.4 Å². The SMILES string of the molecule is CC1CC=C(c2cc(-c3ccccc3)cc(-c3ccc4c(-c5ccc(-c6ccccn6)cc5)c5ccccc5c(-c5ccc(-c6ccccn6)cc5)c4c3)c2)CC1C. The number of hydrogen-bond acceptors (Lipinski definition) is 2. The molecule has 10 rings (SSSR count). The van der Waals surface area contributed by atoms with Gasteiger partial charge in [-0.3, -0.25) is 9.97 Å². The van der Waals surface area contributed by atoms with Crippen LogP contribution in [0.1, 0.15) is 32.3 Å². The molecule has 2 atom stereocenters. The van der Waals surface area contributed by atoms with Crippen LogP contribution in [0.4, 0.5) is 0 Å². The van der Waals surface area contributed by atoms with Gasteiger partial charge in [0, 0.05) is 23.5 Å². The summed E-state index contributed by atoms with van der Waals surface area (Å²) in [6, 6.07) is 64.2. The van der Waals surface area contributed by atoms with Crippen molar-refractivity contribution in [3.05, 3.63) is 200 Å². The minimum Gasteiger partial charge on any atom is -0.256 e. The van der Waals surface area contributed by atoms with Gasteiger partial charge in [-0.05, 0) is 150 Å². The molecule has 0 bridgehead atoms. The summed E-state index contributed by atoms with van der Waals surface area (Å²) >= 11 is 0. The van der Waals surface area contributed by atoms with Crippen molar-refractivity contribution in [1.29, 1.82) is 0 Å². The van der Waals surface area contributed by atoms with Crippen LogP contribution in [0.2, 0.25) is 0 Å². The van der Waals surface area contributed by atoms with Crippen molar-refractivity contribution >= 4 is 27.1 Å². The lowest BCUT2D eigenvalue weighted by Crippen LogP contribution is -2.12. The van der Waals surface area contributed by atoms with Gasteiger partial charge in [0.2, 0.25) is 0 Å². The fraction of sp³-hybridized carbons (Fsp3) is 0.107. The third-order valence-corrected chi connectivity index (χ3v) is 12.3. The molecule has 0 fully saturated rings. The number of hydrogen-bond donors (Lipinski definition) is 0. The van der Waals surface area contributed by atoms with E-state index in [1.165, 1.54) is 77.2 Å². The van der Waals surface area contributed by atoms with Gasteiger partial charge in [0.25, 0.3) is 0 Å². The molecule has 0 spiro atoms. The number of allylic oxidation sites excluding steroid dienone is 2. The molecule has 0 saturated carbocycles. The van der Waals surface area contributed by atoms with E-state index in [-0.39, 0.29) is 0 Å². The number of fused-ring (bicyclic) bond motifs is 2. The topological polar surface area (TPSA) is 25.8 Å². The van der Waals surface area contributed by atoms with Crippen molar-refractivity contribution in [2.75, 3.05) is 0 Å². The van der Waals surface area contributed by atoms with Crippen LogP contribution >= 0.6 is 0 Å². The maximum Gasteiger partial charge on any atom is 0.0701 e. The first-order valence-corrected chi connectivity index (χ1v) is 20.5. The molecule has 1 aliphatic rings. The van der Waals surface area contributed by atoms with Crippen molar-refractivity contribution in [3.8, 4) is 67.0 Å². The van der Waals surface area contributed by atoms with Crippen LogP contribution in [-0.4, -0.2) is 9.97 Å². The quantitative estimate of drug-likeness (QED) is 0.152. The maximum absolute atomic E-state index is 4.64. The molecule has 7 aromatic carbocycles. The monoisotopic (exact) mass is 744 g/mol. The van der Waals surface area contributed by atoms with E-state index in [4.69, 9.17) is 0 Å². The fourth-order valence-corrected chi connectivity index (χ4v) is 8.87. The first kappa shape index (κ1) is 35.5. The largest absolute Gasteiger partial charge is 0.256 e. The molecule has 2 aromatic heterocycles. The number of pyridine rings is 2. The molecule has 1 aliphatic carbocycles. The highest BCUT2D eigenvalue weighted by atomic mass is 14.7. The third-order valence-electron chi connectivity index (χ3n) is 12.3. The molecular formula is C56H44N2. The Kier molecular flexibility index (Phi) is 9.31. The predicted molar refractivity (Wildman–Crippen MR) is 245 cm³/mol. The zero-order valence-electron chi connectivity index (χ0n) is 32.9. The van der Waals surface area contributed by atoms with Gasteiger partial charge in [-0.25, -0.2) is 0 Å². The van der Waals surface area contributed by atoms with Gasteiger partial charge in [-0.15, -0.1) is 0 Å². The average molecular weight is 745 g/mol. The molecule has 278 valence electrons. The van der Waals surface area contributed by atoms with E-state index in [0.29, 0.717) is 11.8 Å². The number of nitrogens with zero attached hydrogens (tertiary/aromatic N) is 2. The van der Waals surface area contributed by atoms with Gasteiger partial charge in [-0.2, -0.15) is 0 Å². The Labute approximate surface area is 341 Å². The standard InChI is InChI=1S/C56H44N2/c1-37-18-19-44(32-38(37)2)47-33-46(39-12-4-3-5-13-39)34-48(35-47)45-28-29-51-52(36-45)56(43-26-22-41(23-27-43)54-17-9-11-31-58-54)50-15-7-6-14-49(50)55(51)42-24-20-40(21-25-42)53-16-8-10-30-57-53/h3-17,19-31,33-38H,18,32H2,1-2H3. The average Bonchev–Trinajstić information content (AvgIpc) is 3.30. The minimum atomic E-state index is 0.654. The molecule has 2 heterocycles. The van der Waals surface area contributed by atoms with E-state index >= 15 is 0 Å². The predicted octanol–water partition coefficient (Wildman–Crippen LogP) is 15.2. The number of aromatic nitrogens is 2. The molecule has 0 radical (unpaired) electrons. The lowest BCUT2D eigenvalue weighted by Gasteiger charge is -2.26. The molecule has 9 aromatic rings. The Morgan fingerprint density at radius 1 is 0.362 bits per heavy atom. The Morgan fingerprint density at radius 3 is 1.41 bits per heavy atom. The van der Waals surface area contributed by atoms with E-state index in [2.05, 4.69) is 182 Å². The second-order valence-corrected chi connectivity index (χ2v) is 15.9. The Morgan fingerprint density at radius 2 is 0.845 bits per heavy atom. The first-order chi connectivity index (χ1) is 28.6. The Balaban J connectivity index is 1.20. The summed E-state index contributed by atoms with van der Waals surface area (Å²) in [4.78, 5) is 9.26. The van der Waals surface area contributed by atoms with Crippen LogP contribution < -0.4 is 0 Å². The number of rotatable bonds is 7. The summed E-state index contributed by atoms with van der Waals surface area (Å²) in [6.45, 7) is 4.79. The highest BCUT2D eigenvalue weighted by Crippen LogP contribution is 2.46. The molecule has 58 heavy (non-hydrogen) atoms. The molecule has 0 saturated heterocycles. The third kappa shape index (κ3) is 6.71. The zero-order valence-corrected chi connectivity index (χ0v) is 32.9. The molecule has 0 amide bonds. The van der Waals surface area contributed by atoms with Crippen LogP contribution in [0.15, 0.2) is 194 Å². The van der Waals surface area contributed by atoms with E-state index in [1.807, 2.05) is 36.7 Å². The lowest BCUT2D eigenvalue weighted by molar-refractivity contribution is 0.386. The van der Waals surface area contributed by atoms with Gasteiger partial charge in [0.15, 0.2) is 0 Å². The van der Waals surface area contributed by atoms with E-state index < -0.39 is 0 Å². The molecule has 2 heteroatoms. The van der Waals surface area contributed by atoms with E-state index in [0.717, 1.165) is 35.4 Å². The van der Waals surface area contributed by atoms with Crippen LogP contribution in [0.25, 0.3) is 94.1 Å². The highest BCUT2D eigenvalue weighted by molar-refractivity contribution is 6.22. The fourth-order valence-electron chi connectivity index (χ4n) is 8.87. The molecule has 0 aliphatic heterocycles. The van der Waals surface area contributed by atoms with Crippen LogP contribution in [0.5, 0.6) is 0 Å². The van der Waals surface area contributed by atoms with Crippen molar-refractivity contribution < 1.29 is 0 Å². The van der Waals surface area contributed by atoms with Crippen molar-refractivity contribution in [3.63, 3.8) is 0 Å². The Hall–Kier alpha value is -6.90. The summed E-state index contributed by atoms with van der Waals surface area (Å²) in [5.74, 6) is 1.36. The summed E-state index contributed by atoms with van der Waals surface area (Å²) < 4.78 is 0. The second-order valence-electron chi connectivity index (χ2n) is 15.9. The maximum atomic E-state index is 4.64. The smallest absolute Gasteiger partial charge is 0.0701 e. The first-order valence-electron chi connectivity index (χ1n) is 20.5. The molecule has 0 N–H and O–H groups in total. The van der Waals surface area contributed by atoms with Gasteiger partial charge >= 0.3 is 0 Å². The van der Waals surface area contributed by atoms with Gasteiger partial charge in [-0.1, -0.05) is 147 Å². The Bertz CT molecular complexity index is 2930. The number of benzene rings is 7.